The fourth-order valence-corrected chi connectivity index (χ4v) is 4.28. The summed E-state index contributed by atoms with van der Waals surface area (Å²) in [6, 6.07) is 12.1. The molecule has 0 radical (unpaired) electrons. The Labute approximate surface area is 225 Å². The predicted molar refractivity (Wildman–Crippen MR) is 147 cm³/mol. The van der Waals surface area contributed by atoms with Crippen molar-refractivity contribution in [1.29, 1.82) is 0 Å². The van der Waals surface area contributed by atoms with Crippen LogP contribution < -0.4 is 10.6 Å². The Kier molecular flexibility index (Phi) is 8.75. The van der Waals surface area contributed by atoms with Gasteiger partial charge in [-0.3, -0.25) is 9.59 Å². The molecule has 1 saturated carbocycles. The standard InChI is InChI=1S/C30H41N3O5/c1-19-9-8-10-21(17-19)25(26(35)32-29(2,3)4)33(22-13-14-22)27(36)24(31-28(37)38-30(5,6)7)18-20-11-15-23(34)16-12-20/h8-12,15-17,22,24-25,34H,13-14,18H2,1-7H3,(H,31,37)(H,32,35). The van der Waals surface area contributed by atoms with Crippen LogP contribution in [0.3, 0.4) is 0 Å². The summed E-state index contributed by atoms with van der Waals surface area (Å²) < 4.78 is 5.47. The molecule has 1 aliphatic rings. The predicted octanol–water partition coefficient (Wildman–Crippen LogP) is 4.78. The van der Waals surface area contributed by atoms with E-state index < -0.39 is 29.3 Å². The maximum absolute atomic E-state index is 14.3. The number of carbonyl (C=O) groups is 3. The number of ether oxygens (including phenoxy) is 1. The van der Waals surface area contributed by atoms with E-state index in [0.29, 0.717) is 5.56 Å². The third-order valence-electron chi connectivity index (χ3n) is 5.94. The zero-order valence-electron chi connectivity index (χ0n) is 23.5. The second-order valence-corrected chi connectivity index (χ2v) is 12.1. The van der Waals surface area contributed by atoms with Crippen molar-refractivity contribution in [1.82, 2.24) is 15.5 Å². The molecule has 2 atom stereocenters. The quantitative estimate of drug-likeness (QED) is 0.461. The van der Waals surface area contributed by atoms with Gasteiger partial charge in [0.15, 0.2) is 0 Å². The average Bonchev–Trinajstić information content (AvgIpc) is 3.60. The molecule has 8 heteroatoms. The smallest absolute Gasteiger partial charge is 0.408 e. The Morgan fingerprint density at radius 2 is 1.66 bits per heavy atom. The third-order valence-corrected chi connectivity index (χ3v) is 5.94. The lowest BCUT2D eigenvalue weighted by Crippen LogP contribution is -2.55. The lowest BCUT2D eigenvalue weighted by atomic mass is 9.98. The number of nitrogens with zero attached hydrogens (tertiary/aromatic N) is 1. The molecule has 0 aliphatic heterocycles. The van der Waals surface area contributed by atoms with Gasteiger partial charge in [0.1, 0.15) is 23.4 Å². The molecule has 0 heterocycles. The minimum atomic E-state index is -0.982. The van der Waals surface area contributed by atoms with E-state index in [1.54, 1.807) is 37.8 Å². The summed E-state index contributed by atoms with van der Waals surface area (Å²) >= 11 is 0. The number of nitrogens with one attached hydrogen (secondary N) is 2. The first-order valence-electron chi connectivity index (χ1n) is 13.1. The molecular formula is C30H41N3O5. The molecule has 0 saturated heterocycles. The molecule has 2 unspecified atom stereocenters. The van der Waals surface area contributed by atoms with Crippen LogP contribution in [0.5, 0.6) is 5.75 Å². The van der Waals surface area contributed by atoms with Crippen molar-refractivity contribution < 1.29 is 24.2 Å². The van der Waals surface area contributed by atoms with Crippen molar-refractivity contribution in [3.8, 4) is 5.75 Å². The SMILES string of the molecule is Cc1cccc(C(C(=O)NC(C)(C)C)N(C(=O)C(Cc2ccc(O)cc2)NC(=O)OC(C)(C)C)C2CC2)c1. The van der Waals surface area contributed by atoms with Gasteiger partial charge in [0.05, 0.1) is 0 Å². The number of hydrogen-bond donors (Lipinski definition) is 3. The van der Waals surface area contributed by atoms with Gasteiger partial charge >= 0.3 is 6.09 Å². The number of phenols is 1. The maximum Gasteiger partial charge on any atom is 0.408 e. The number of rotatable bonds is 8. The van der Waals surface area contributed by atoms with Crippen molar-refractivity contribution in [2.45, 2.75) is 97.0 Å². The second-order valence-electron chi connectivity index (χ2n) is 12.1. The Hall–Kier alpha value is -3.55. The van der Waals surface area contributed by atoms with E-state index in [0.717, 1.165) is 24.0 Å². The van der Waals surface area contributed by atoms with E-state index in [9.17, 15) is 19.5 Å². The highest BCUT2D eigenvalue weighted by atomic mass is 16.6. The van der Waals surface area contributed by atoms with Gasteiger partial charge in [-0.2, -0.15) is 0 Å². The number of phenolic OH excluding ortho intramolecular Hbond substituents is 1. The first kappa shape index (κ1) is 29.0. The van der Waals surface area contributed by atoms with Gasteiger partial charge in [0.2, 0.25) is 11.8 Å². The van der Waals surface area contributed by atoms with Gasteiger partial charge in [0, 0.05) is 18.0 Å². The van der Waals surface area contributed by atoms with Crippen LogP contribution in [0, 0.1) is 6.92 Å². The Balaban J connectivity index is 2.02. The largest absolute Gasteiger partial charge is 0.508 e. The minimum Gasteiger partial charge on any atom is -0.508 e. The van der Waals surface area contributed by atoms with Crippen molar-refractivity contribution in [3.63, 3.8) is 0 Å². The molecular weight excluding hydrogens is 482 g/mol. The highest BCUT2D eigenvalue weighted by Crippen LogP contribution is 2.36. The van der Waals surface area contributed by atoms with Gasteiger partial charge in [-0.15, -0.1) is 0 Å². The van der Waals surface area contributed by atoms with Crippen LogP contribution in [0.4, 0.5) is 4.79 Å². The molecule has 3 amide bonds. The molecule has 1 aliphatic carbocycles. The van der Waals surface area contributed by atoms with E-state index in [1.165, 1.54) is 12.1 Å². The fraction of sp³-hybridized carbons (Fsp3) is 0.500. The van der Waals surface area contributed by atoms with Gasteiger partial charge in [-0.1, -0.05) is 42.0 Å². The van der Waals surface area contributed by atoms with Crippen LogP contribution in [0.2, 0.25) is 0 Å². The van der Waals surface area contributed by atoms with E-state index >= 15 is 0 Å². The zero-order chi connectivity index (χ0) is 28.3. The van der Waals surface area contributed by atoms with Crippen molar-refractivity contribution in [3.05, 3.63) is 65.2 Å². The van der Waals surface area contributed by atoms with Gasteiger partial charge in [-0.05, 0) is 84.6 Å². The number of aromatic hydroxyl groups is 1. The summed E-state index contributed by atoms with van der Waals surface area (Å²) in [6.07, 6.45) is 1.00. The summed E-state index contributed by atoms with van der Waals surface area (Å²) in [5, 5.41) is 15.5. The summed E-state index contributed by atoms with van der Waals surface area (Å²) in [5.74, 6) is -0.527. The lowest BCUT2D eigenvalue weighted by molar-refractivity contribution is -0.143. The summed E-state index contributed by atoms with van der Waals surface area (Å²) in [4.78, 5) is 42.5. The molecule has 2 aromatic rings. The third kappa shape index (κ3) is 8.50. The number of amides is 3. The van der Waals surface area contributed by atoms with E-state index in [1.807, 2.05) is 52.0 Å². The normalized spacial score (nSPS) is 15.2. The van der Waals surface area contributed by atoms with Crippen LogP contribution in [0.1, 0.15) is 77.1 Å². The highest BCUT2D eigenvalue weighted by molar-refractivity contribution is 5.93. The molecule has 0 aromatic heterocycles. The molecule has 0 bridgehead atoms. The molecule has 0 spiro atoms. The summed E-state index contributed by atoms with van der Waals surface area (Å²) in [5.41, 5.74) is 1.19. The Morgan fingerprint density at radius 3 is 2.18 bits per heavy atom. The number of alkyl carbamates (subject to hydrolysis) is 1. The molecule has 8 nitrogen and oxygen atoms in total. The lowest BCUT2D eigenvalue weighted by Gasteiger charge is -2.36. The van der Waals surface area contributed by atoms with Crippen LogP contribution in [-0.2, 0) is 20.7 Å². The maximum atomic E-state index is 14.3. The van der Waals surface area contributed by atoms with Crippen LogP contribution in [0.15, 0.2) is 48.5 Å². The summed E-state index contributed by atoms with van der Waals surface area (Å²) in [6.45, 7) is 12.9. The molecule has 1 fully saturated rings. The van der Waals surface area contributed by atoms with Crippen LogP contribution in [-0.4, -0.2) is 51.1 Å². The number of benzene rings is 2. The van der Waals surface area contributed by atoms with Gasteiger partial charge < -0.3 is 25.4 Å². The van der Waals surface area contributed by atoms with Crippen molar-refractivity contribution in [2.75, 3.05) is 0 Å². The molecule has 3 N–H and O–H groups in total. The van der Waals surface area contributed by atoms with Crippen LogP contribution >= 0.6 is 0 Å². The average molecular weight is 524 g/mol. The first-order valence-corrected chi connectivity index (χ1v) is 13.1. The van der Waals surface area contributed by atoms with Crippen molar-refractivity contribution >= 4 is 17.9 Å². The first-order chi connectivity index (χ1) is 17.6. The van der Waals surface area contributed by atoms with E-state index in [4.69, 9.17) is 4.74 Å². The second kappa shape index (κ2) is 11.5. The number of hydrogen-bond acceptors (Lipinski definition) is 5. The minimum absolute atomic E-state index is 0.106. The molecule has 206 valence electrons. The molecule has 3 rings (SSSR count). The van der Waals surface area contributed by atoms with Gasteiger partial charge in [-0.25, -0.2) is 4.79 Å². The molecule has 2 aromatic carbocycles. The van der Waals surface area contributed by atoms with E-state index in [-0.39, 0.29) is 30.0 Å². The number of aryl methyl sites for hydroxylation is 1. The molecule has 38 heavy (non-hydrogen) atoms. The van der Waals surface area contributed by atoms with Crippen molar-refractivity contribution in [2.24, 2.45) is 0 Å². The Bertz CT molecular complexity index is 1140. The Morgan fingerprint density at radius 1 is 1.03 bits per heavy atom. The highest BCUT2D eigenvalue weighted by Gasteiger charge is 2.44. The van der Waals surface area contributed by atoms with Gasteiger partial charge in [0.25, 0.3) is 0 Å². The van der Waals surface area contributed by atoms with Crippen LogP contribution in [0.25, 0.3) is 0 Å². The fourth-order valence-electron chi connectivity index (χ4n) is 4.28. The zero-order valence-corrected chi connectivity index (χ0v) is 23.5. The van der Waals surface area contributed by atoms with E-state index in [2.05, 4.69) is 10.6 Å². The monoisotopic (exact) mass is 523 g/mol. The summed E-state index contributed by atoms with van der Waals surface area (Å²) in [7, 11) is 0. The number of carbonyl (C=O) groups excluding carboxylic acids is 3. The topological polar surface area (TPSA) is 108 Å².